The van der Waals surface area contributed by atoms with Crippen molar-refractivity contribution < 1.29 is 9.18 Å². The predicted molar refractivity (Wildman–Crippen MR) is 102 cm³/mol. The number of hydrogen-bond donors (Lipinski definition) is 0. The van der Waals surface area contributed by atoms with Gasteiger partial charge in [0.25, 0.3) is 0 Å². The number of amides is 1. The Hall–Kier alpha value is -2.94. The van der Waals surface area contributed by atoms with Crippen molar-refractivity contribution in [2.75, 3.05) is 6.54 Å². The van der Waals surface area contributed by atoms with E-state index in [-0.39, 0.29) is 18.1 Å². The van der Waals surface area contributed by atoms with Crippen LogP contribution in [0.4, 0.5) is 4.39 Å². The van der Waals surface area contributed by atoms with Gasteiger partial charge in [-0.25, -0.2) is 4.39 Å². The minimum atomic E-state index is -0.330. The Morgan fingerprint density at radius 3 is 2.00 bits per heavy atom. The first kappa shape index (κ1) is 17.9. The van der Waals surface area contributed by atoms with Crippen LogP contribution in [0.2, 0.25) is 0 Å². The monoisotopic (exact) mass is 347 g/mol. The van der Waals surface area contributed by atoms with E-state index in [4.69, 9.17) is 0 Å². The summed E-state index contributed by atoms with van der Waals surface area (Å²) in [6, 6.07) is 26.5. The van der Waals surface area contributed by atoms with Crippen molar-refractivity contribution in [2.45, 2.75) is 19.4 Å². The molecule has 0 unspecified atom stereocenters. The van der Waals surface area contributed by atoms with Gasteiger partial charge < -0.3 is 4.90 Å². The number of hydrogen-bond acceptors (Lipinski definition) is 1. The number of halogens is 1. The fourth-order valence-corrected chi connectivity index (χ4v) is 2.92. The fraction of sp³-hybridized carbons (Fsp3) is 0.174. The molecule has 0 heterocycles. The highest BCUT2D eigenvalue weighted by Gasteiger charge is 2.16. The second-order valence-corrected chi connectivity index (χ2v) is 6.30. The van der Waals surface area contributed by atoms with Crippen LogP contribution in [0.15, 0.2) is 84.9 Å². The summed E-state index contributed by atoms with van der Waals surface area (Å²) in [6.45, 7) is 1.13. The second-order valence-electron chi connectivity index (χ2n) is 6.30. The quantitative estimate of drug-likeness (QED) is 0.610. The summed E-state index contributed by atoms with van der Waals surface area (Å²) in [7, 11) is 0. The van der Waals surface area contributed by atoms with Gasteiger partial charge in [0.05, 0.1) is 6.42 Å². The highest BCUT2D eigenvalue weighted by molar-refractivity contribution is 5.78. The lowest BCUT2D eigenvalue weighted by atomic mass is 10.1. The molecule has 0 saturated carbocycles. The first-order valence-corrected chi connectivity index (χ1v) is 8.81. The molecule has 26 heavy (non-hydrogen) atoms. The number of rotatable bonds is 7. The molecule has 0 aliphatic rings. The topological polar surface area (TPSA) is 20.3 Å². The van der Waals surface area contributed by atoms with E-state index < -0.39 is 0 Å². The van der Waals surface area contributed by atoms with E-state index in [2.05, 4.69) is 12.1 Å². The highest BCUT2D eigenvalue weighted by Crippen LogP contribution is 2.12. The summed E-state index contributed by atoms with van der Waals surface area (Å²) in [6.07, 6.45) is 0.852. The Morgan fingerprint density at radius 2 is 1.35 bits per heavy atom. The molecule has 3 rings (SSSR count). The summed E-state index contributed by atoms with van der Waals surface area (Å²) < 4.78 is 13.9. The van der Waals surface area contributed by atoms with Crippen molar-refractivity contribution in [3.8, 4) is 0 Å². The van der Waals surface area contributed by atoms with E-state index in [1.165, 1.54) is 11.6 Å². The Balaban J connectivity index is 1.73. The molecule has 1 amide bonds. The molecule has 3 aromatic carbocycles. The molecular formula is C23H22FNO. The van der Waals surface area contributed by atoms with E-state index in [0.717, 1.165) is 12.0 Å². The Labute approximate surface area is 153 Å². The molecule has 3 aromatic rings. The van der Waals surface area contributed by atoms with Gasteiger partial charge in [-0.3, -0.25) is 4.79 Å². The van der Waals surface area contributed by atoms with Crippen LogP contribution in [0.3, 0.4) is 0 Å². The molecule has 3 heteroatoms. The first-order chi connectivity index (χ1) is 12.7. The smallest absolute Gasteiger partial charge is 0.227 e. The van der Waals surface area contributed by atoms with Gasteiger partial charge in [0.1, 0.15) is 5.82 Å². The lowest BCUT2D eigenvalue weighted by Gasteiger charge is -2.23. The molecule has 0 atom stereocenters. The molecule has 0 aliphatic heterocycles. The zero-order valence-corrected chi connectivity index (χ0v) is 14.6. The summed E-state index contributed by atoms with van der Waals surface area (Å²) >= 11 is 0. The van der Waals surface area contributed by atoms with Crippen LogP contribution >= 0.6 is 0 Å². The minimum Gasteiger partial charge on any atom is -0.338 e. The summed E-state index contributed by atoms with van der Waals surface area (Å²) in [4.78, 5) is 14.7. The predicted octanol–water partition coefficient (Wildman–Crippen LogP) is 4.64. The molecular weight excluding hydrogens is 325 g/mol. The van der Waals surface area contributed by atoms with Gasteiger partial charge in [-0.05, 0) is 29.2 Å². The fourth-order valence-electron chi connectivity index (χ4n) is 2.92. The Bertz CT molecular complexity index is 833. The molecule has 0 radical (unpaired) electrons. The summed E-state index contributed by atoms with van der Waals surface area (Å²) in [5.74, 6) is -0.390. The van der Waals surface area contributed by atoms with Crippen molar-refractivity contribution in [3.63, 3.8) is 0 Å². The van der Waals surface area contributed by atoms with E-state index in [0.29, 0.717) is 18.7 Å². The number of carbonyl (C=O) groups is 1. The van der Waals surface area contributed by atoms with Gasteiger partial charge in [0.15, 0.2) is 0 Å². The lowest BCUT2D eigenvalue weighted by Crippen LogP contribution is -2.33. The van der Waals surface area contributed by atoms with Crippen LogP contribution in [-0.4, -0.2) is 17.4 Å². The third kappa shape index (κ3) is 5.03. The Kier molecular flexibility index (Phi) is 6.15. The van der Waals surface area contributed by atoms with Gasteiger partial charge in [-0.2, -0.15) is 0 Å². The van der Waals surface area contributed by atoms with Gasteiger partial charge in [0.2, 0.25) is 5.91 Å². The standard InChI is InChI=1S/C23H22FNO/c24-22-14-8-7-13-21(22)17-23(26)25(18-20-11-5-2-6-12-20)16-15-19-9-3-1-4-10-19/h1-14H,15-18H2. The molecule has 0 fully saturated rings. The SMILES string of the molecule is O=C(Cc1ccccc1F)N(CCc1ccccc1)Cc1ccccc1. The van der Waals surface area contributed by atoms with Crippen molar-refractivity contribution in [3.05, 3.63) is 107 Å². The first-order valence-electron chi connectivity index (χ1n) is 8.81. The molecule has 0 saturated heterocycles. The van der Waals surface area contributed by atoms with E-state index in [1.54, 1.807) is 18.2 Å². The normalized spacial score (nSPS) is 10.5. The average Bonchev–Trinajstić information content (AvgIpc) is 2.68. The van der Waals surface area contributed by atoms with Crippen molar-refractivity contribution >= 4 is 5.91 Å². The van der Waals surface area contributed by atoms with Crippen LogP contribution in [0, 0.1) is 5.82 Å². The van der Waals surface area contributed by atoms with Gasteiger partial charge in [-0.1, -0.05) is 78.9 Å². The maximum absolute atomic E-state index is 13.9. The van der Waals surface area contributed by atoms with Crippen molar-refractivity contribution in [1.82, 2.24) is 4.90 Å². The van der Waals surface area contributed by atoms with Crippen molar-refractivity contribution in [1.29, 1.82) is 0 Å². The third-order valence-electron chi connectivity index (χ3n) is 4.38. The number of carbonyl (C=O) groups excluding carboxylic acids is 1. The largest absolute Gasteiger partial charge is 0.338 e. The molecule has 0 aliphatic carbocycles. The maximum Gasteiger partial charge on any atom is 0.227 e. The van der Waals surface area contributed by atoms with E-state index >= 15 is 0 Å². The average molecular weight is 347 g/mol. The van der Waals surface area contributed by atoms with Crippen LogP contribution < -0.4 is 0 Å². The van der Waals surface area contributed by atoms with Crippen molar-refractivity contribution in [2.24, 2.45) is 0 Å². The molecule has 0 bridgehead atoms. The van der Waals surface area contributed by atoms with Crippen LogP contribution in [-0.2, 0) is 24.2 Å². The van der Waals surface area contributed by atoms with Crippen LogP contribution in [0.25, 0.3) is 0 Å². The van der Waals surface area contributed by atoms with Crippen LogP contribution in [0.1, 0.15) is 16.7 Å². The second kappa shape index (κ2) is 8.95. The van der Waals surface area contributed by atoms with Gasteiger partial charge in [0, 0.05) is 13.1 Å². The highest BCUT2D eigenvalue weighted by atomic mass is 19.1. The van der Waals surface area contributed by atoms with Gasteiger partial charge in [-0.15, -0.1) is 0 Å². The zero-order valence-electron chi connectivity index (χ0n) is 14.6. The summed E-state index contributed by atoms with van der Waals surface area (Å²) in [5, 5.41) is 0. The molecule has 0 aromatic heterocycles. The minimum absolute atomic E-state index is 0.0603. The van der Waals surface area contributed by atoms with E-state index in [1.807, 2.05) is 53.4 Å². The Morgan fingerprint density at radius 1 is 0.769 bits per heavy atom. The third-order valence-corrected chi connectivity index (χ3v) is 4.38. The number of nitrogens with zero attached hydrogens (tertiary/aromatic N) is 1. The maximum atomic E-state index is 13.9. The lowest BCUT2D eigenvalue weighted by molar-refractivity contribution is -0.131. The zero-order chi connectivity index (χ0) is 18.2. The summed E-state index contributed by atoms with van der Waals surface area (Å²) in [5.41, 5.74) is 2.70. The molecule has 132 valence electrons. The van der Waals surface area contributed by atoms with Crippen LogP contribution in [0.5, 0.6) is 0 Å². The van der Waals surface area contributed by atoms with Gasteiger partial charge >= 0.3 is 0 Å². The number of benzene rings is 3. The molecule has 0 N–H and O–H groups in total. The van der Waals surface area contributed by atoms with E-state index in [9.17, 15) is 9.18 Å². The molecule has 2 nitrogen and oxygen atoms in total. The molecule has 0 spiro atoms.